The van der Waals surface area contributed by atoms with Crippen LogP contribution in [0.25, 0.3) is 0 Å². The maximum absolute atomic E-state index is 5.59. The van der Waals surface area contributed by atoms with Crippen molar-refractivity contribution >= 4 is 17.2 Å². The second-order valence-corrected chi connectivity index (χ2v) is 6.84. The summed E-state index contributed by atoms with van der Waals surface area (Å²) >= 11 is 5.59. The lowest BCUT2D eigenvalue weighted by Gasteiger charge is -2.47. The third kappa shape index (κ3) is 2.71. The fraction of sp³-hybridized carbons (Fsp3) is 0.800. The van der Waals surface area contributed by atoms with Crippen molar-refractivity contribution in [3.63, 3.8) is 0 Å². The van der Waals surface area contributed by atoms with Crippen LogP contribution in [0.2, 0.25) is 0 Å². The standard InChI is InChI=1S/C15H26N2S/c1-11(2)17-10-13(12-8-6-5-7-9-12)14(18)16-15(17,3)4/h10-12H,5-9H2,1-4H3,(H,16,18). The first-order valence-electron chi connectivity index (χ1n) is 7.24. The van der Waals surface area contributed by atoms with Gasteiger partial charge in [-0.2, -0.15) is 0 Å². The zero-order chi connectivity index (χ0) is 13.3. The van der Waals surface area contributed by atoms with Gasteiger partial charge in [-0.05, 0) is 46.5 Å². The molecule has 0 saturated heterocycles. The van der Waals surface area contributed by atoms with Gasteiger partial charge in [0.1, 0.15) is 10.7 Å². The Morgan fingerprint density at radius 2 is 1.89 bits per heavy atom. The second kappa shape index (κ2) is 5.20. The quantitative estimate of drug-likeness (QED) is 0.765. The third-order valence-electron chi connectivity index (χ3n) is 4.21. The summed E-state index contributed by atoms with van der Waals surface area (Å²) in [5.41, 5.74) is 1.31. The fourth-order valence-corrected chi connectivity index (χ4v) is 3.75. The predicted octanol–water partition coefficient (Wildman–Crippen LogP) is 3.83. The van der Waals surface area contributed by atoms with Crippen LogP contribution in [0, 0.1) is 5.92 Å². The van der Waals surface area contributed by atoms with Crippen LogP contribution in [-0.2, 0) is 0 Å². The van der Waals surface area contributed by atoms with E-state index in [1.807, 2.05) is 0 Å². The lowest BCUT2D eigenvalue weighted by atomic mass is 9.83. The average molecular weight is 266 g/mol. The molecule has 1 heterocycles. The Kier molecular flexibility index (Phi) is 4.00. The Morgan fingerprint density at radius 1 is 1.28 bits per heavy atom. The van der Waals surface area contributed by atoms with Crippen LogP contribution in [0.4, 0.5) is 0 Å². The van der Waals surface area contributed by atoms with Gasteiger partial charge in [0.05, 0.1) is 0 Å². The molecule has 0 aromatic rings. The van der Waals surface area contributed by atoms with E-state index in [1.54, 1.807) is 0 Å². The van der Waals surface area contributed by atoms with Crippen molar-refractivity contribution in [1.82, 2.24) is 10.2 Å². The number of nitrogens with zero attached hydrogens (tertiary/aromatic N) is 1. The molecule has 1 saturated carbocycles. The molecule has 0 amide bonds. The first-order chi connectivity index (χ1) is 8.42. The van der Waals surface area contributed by atoms with E-state index in [-0.39, 0.29) is 5.66 Å². The molecule has 0 spiro atoms. The van der Waals surface area contributed by atoms with Crippen LogP contribution in [0.5, 0.6) is 0 Å². The highest BCUT2D eigenvalue weighted by molar-refractivity contribution is 7.80. The van der Waals surface area contributed by atoms with Gasteiger partial charge in [-0.3, -0.25) is 0 Å². The molecule has 0 bridgehead atoms. The molecule has 1 N–H and O–H groups in total. The second-order valence-electron chi connectivity index (χ2n) is 6.43. The van der Waals surface area contributed by atoms with E-state index >= 15 is 0 Å². The van der Waals surface area contributed by atoms with Crippen molar-refractivity contribution in [2.45, 2.75) is 71.5 Å². The molecule has 1 aliphatic carbocycles. The summed E-state index contributed by atoms with van der Waals surface area (Å²) in [7, 11) is 0. The summed E-state index contributed by atoms with van der Waals surface area (Å²) < 4.78 is 0. The maximum atomic E-state index is 5.59. The van der Waals surface area contributed by atoms with E-state index < -0.39 is 0 Å². The Labute approximate surface area is 117 Å². The maximum Gasteiger partial charge on any atom is 0.106 e. The molecule has 102 valence electrons. The molecule has 0 radical (unpaired) electrons. The molecule has 2 rings (SSSR count). The Balaban J connectivity index is 2.25. The minimum Gasteiger partial charge on any atom is -0.354 e. The lowest BCUT2D eigenvalue weighted by Crippen LogP contribution is -2.60. The van der Waals surface area contributed by atoms with Crippen molar-refractivity contribution in [2.75, 3.05) is 0 Å². The van der Waals surface area contributed by atoms with E-state index in [9.17, 15) is 0 Å². The SMILES string of the molecule is CC(C)N1C=C(C2CCCCC2)C(=S)NC1(C)C. The highest BCUT2D eigenvalue weighted by Crippen LogP contribution is 2.34. The monoisotopic (exact) mass is 266 g/mol. The molecular weight excluding hydrogens is 240 g/mol. The summed E-state index contributed by atoms with van der Waals surface area (Å²) in [5, 5.41) is 3.52. The highest BCUT2D eigenvalue weighted by atomic mass is 32.1. The third-order valence-corrected chi connectivity index (χ3v) is 4.54. The van der Waals surface area contributed by atoms with E-state index in [0.717, 1.165) is 4.99 Å². The Bertz CT molecular complexity index is 352. The minimum absolute atomic E-state index is 0.0661. The van der Waals surface area contributed by atoms with Gasteiger partial charge < -0.3 is 10.2 Å². The average Bonchev–Trinajstić information content (AvgIpc) is 2.28. The molecule has 3 heteroatoms. The minimum atomic E-state index is -0.0661. The van der Waals surface area contributed by atoms with Crippen LogP contribution < -0.4 is 5.32 Å². The highest BCUT2D eigenvalue weighted by Gasteiger charge is 2.34. The van der Waals surface area contributed by atoms with Crippen molar-refractivity contribution in [3.05, 3.63) is 11.8 Å². The van der Waals surface area contributed by atoms with Crippen molar-refractivity contribution in [3.8, 4) is 0 Å². The van der Waals surface area contributed by atoms with E-state index in [0.29, 0.717) is 12.0 Å². The Morgan fingerprint density at radius 3 is 2.44 bits per heavy atom. The van der Waals surface area contributed by atoms with Gasteiger partial charge in [-0.15, -0.1) is 0 Å². The zero-order valence-electron chi connectivity index (χ0n) is 12.1. The largest absolute Gasteiger partial charge is 0.354 e. The van der Waals surface area contributed by atoms with E-state index in [1.165, 1.54) is 37.7 Å². The van der Waals surface area contributed by atoms with Crippen LogP contribution in [0.3, 0.4) is 0 Å². The van der Waals surface area contributed by atoms with Crippen molar-refractivity contribution < 1.29 is 0 Å². The number of rotatable bonds is 2. The molecule has 0 atom stereocenters. The number of nitrogens with one attached hydrogen (secondary N) is 1. The molecule has 1 aliphatic heterocycles. The molecule has 2 aliphatic rings. The van der Waals surface area contributed by atoms with E-state index in [4.69, 9.17) is 12.2 Å². The van der Waals surface area contributed by atoms with Crippen LogP contribution >= 0.6 is 12.2 Å². The van der Waals surface area contributed by atoms with Gasteiger partial charge in [0.2, 0.25) is 0 Å². The summed E-state index contributed by atoms with van der Waals surface area (Å²) in [6.07, 6.45) is 9.05. The first-order valence-corrected chi connectivity index (χ1v) is 7.65. The number of thiocarbonyl (C=S) groups is 1. The summed E-state index contributed by atoms with van der Waals surface area (Å²) in [5.74, 6) is 0.677. The van der Waals surface area contributed by atoms with Gasteiger partial charge in [-0.1, -0.05) is 31.5 Å². The van der Waals surface area contributed by atoms with Gasteiger partial charge in [-0.25, -0.2) is 0 Å². The van der Waals surface area contributed by atoms with Crippen molar-refractivity contribution in [2.24, 2.45) is 5.92 Å². The van der Waals surface area contributed by atoms with Gasteiger partial charge >= 0.3 is 0 Å². The van der Waals surface area contributed by atoms with Crippen LogP contribution in [0.15, 0.2) is 11.8 Å². The normalized spacial score (nSPS) is 25.1. The molecule has 18 heavy (non-hydrogen) atoms. The molecule has 0 aromatic carbocycles. The number of hydrogen-bond acceptors (Lipinski definition) is 2. The molecule has 1 fully saturated rings. The summed E-state index contributed by atoms with van der Waals surface area (Å²) in [6.45, 7) is 8.89. The summed E-state index contributed by atoms with van der Waals surface area (Å²) in [6, 6.07) is 0.495. The zero-order valence-corrected chi connectivity index (χ0v) is 12.9. The van der Waals surface area contributed by atoms with Crippen molar-refractivity contribution in [1.29, 1.82) is 0 Å². The van der Waals surface area contributed by atoms with Gasteiger partial charge in [0.15, 0.2) is 0 Å². The fourth-order valence-electron chi connectivity index (χ4n) is 3.28. The molecule has 2 nitrogen and oxygen atoms in total. The number of hydrogen-bond donors (Lipinski definition) is 1. The lowest BCUT2D eigenvalue weighted by molar-refractivity contribution is 0.123. The molecule has 0 aromatic heterocycles. The smallest absolute Gasteiger partial charge is 0.106 e. The Hall–Kier alpha value is -0.570. The molecular formula is C15H26N2S. The predicted molar refractivity (Wildman–Crippen MR) is 81.4 cm³/mol. The topological polar surface area (TPSA) is 15.3 Å². The van der Waals surface area contributed by atoms with Gasteiger partial charge in [0, 0.05) is 17.8 Å². The van der Waals surface area contributed by atoms with Gasteiger partial charge in [0.25, 0.3) is 0 Å². The van der Waals surface area contributed by atoms with E-state index in [2.05, 4.69) is 44.1 Å². The first kappa shape index (κ1) is 13.9. The van der Waals surface area contributed by atoms with Crippen LogP contribution in [0.1, 0.15) is 59.8 Å². The van der Waals surface area contributed by atoms with Crippen LogP contribution in [-0.4, -0.2) is 21.6 Å². The summed E-state index contributed by atoms with van der Waals surface area (Å²) in [4.78, 5) is 3.39. The molecule has 0 unspecified atom stereocenters.